The van der Waals surface area contributed by atoms with Gasteiger partial charge >= 0.3 is 0 Å². The molecule has 7 aliphatic rings. The van der Waals surface area contributed by atoms with Crippen LogP contribution in [0.5, 0.6) is 0 Å². The van der Waals surface area contributed by atoms with Crippen LogP contribution in [0.2, 0.25) is 0 Å². The van der Waals surface area contributed by atoms with E-state index in [4.69, 9.17) is 75.8 Å². The Morgan fingerprint density at radius 1 is 0.382 bits per heavy atom. The molecule has 7 fully saturated rings. The van der Waals surface area contributed by atoms with Gasteiger partial charge in [-0.3, -0.25) is 9.59 Å². The number of amides is 2. The number of nitrogens with zero attached hydrogens (tertiary/aromatic N) is 6. The van der Waals surface area contributed by atoms with Crippen LogP contribution in [0.15, 0.2) is 12.4 Å². The van der Waals surface area contributed by atoms with E-state index in [0.29, 0.717) is 11.4 Å². The topological polar surface area (TPSA) is 631 Å². The van der Waals surface area contributed by atoms with E-state index in [-0.39, 0.29) is 105 Å². The Bertz CT molecular complexity index is 2680. The average molecular weight is 1480 g/mol. The Morgan fingerprint density at radius 3 is 1.06 bits per heavy atom. The number of hydrogen-bond donors (Lipinski definition) is 20. The number of ether oxygens (including phenoxy) is 16. The molecule has 44 heteroatoms. The molecule has 0 aliphatic carbocycles. The summed E-state index contributed by atoms with van der Waals surface area (Å²) in [5, 5.41) is 213. The third kappa shape index (κ3) is 21.6. The van der Waals surface area contributed by atoms with Gasteiger partial charge in [0.15, 0.2) is 37.7 Å². The number of aryl methyl sites for hydroxylation is 2. The van der Waals surface area contributed by atoms with Crippen LogP contribution in [0, 0.1) is 0 Å². The maximum absolute atomic E-state index is 13.7. The number of rotatable bonds is 30. The SMILES string of the molecule is O=C(CCc1cn(CCOCCOCCO[C@@H]2O[C@H](CO)[C@H](O)[C@H](O)[C@H]2O)nn1)N[C@H]1[C@@H]2OC[C@H]3O[C@@H](OC[C@H]4O[C@@H](OC[C@H]5O[C@@H](OC[C@@H](O2)[C@@H](O)[C@@H]1O)[C@H](O)[C@@H](O)[C@@H]5O)[C@H](O)[C@@H](O)[C@@H]4O)[C@H](NC(=O)CCc1cn(CCOCCOCCO[C@@H]2O[C@H](CO)[C@H](O)[C@H](O)[C@H]2O)nn1)[C@@H](O)[C@@H]3O. The minimum Gasteiger partial charge on any atom is -0.394 e. The van der Waals surface area contributed by atoms with E-state index in [2.05, 4.69) is 31.3 Å². The van der Waals surface area contributed by atoms with Crippen molar-refractivity contribution in [3.05, 3.63) is 23.8 Å². The zero-order chi connectivity index (χ0) is 73.3. The van der Waals surface area contributed by atoms with Crippen molar-refractivity contribution in [1.82, 2.24) is 40.6 Å². The van der Waals surface area contributed by atoms with Crippen molar-refractivity contribution in [2.24, 2.45) is 0 Å². The van der Waals surface area contributed by atoms with Crippen molar-refractivity contribution in [2.75, 3.05) is 106 Å². The monoisotopic (exact) mass is 1480 g/mol. The summed E-state index contributed by atoms with van der Waals surface area (Å²) in [5.74, 6) is -1.45. The van der Waals surface area contributed by atoms with Gasteiger partial charge in [0.25, 0.3) is 0 Å². The number of nitrogens with one attached hydrogen (secondary N) is 2. The fourth-order valence-corrected chi connectivity index (χ4v) is 11.8. The van der Waals surface area contributed by atoms with Crippen molar-refractivity contribution < 1.29 is 177 Å². The van der Waals surface area contributed by atoms with E-state index in [1.165, 1.54) is 9.36 Å². The molecule has 0 radical (unpaired) electrons. The number of hydrogen-bond acceptors (Lipinski definition) is 40. The molecule has 7 saturated heterocycles. The Kier molecular flexibility index (Phi) is 31.8. The normalized spacial score (nSPS) is 40.1. The van der Waals surface area contributed by atoms with Gasteiger partial charge in [-0.2, -0.15) is 0 Å². The van der Waals surface area contributed by atoms with Gasteiger partial charge in [0, 0.05) is 38.1 Å². The molecule has 30 atom stereocenters. The lowest BCUT2D eigenvalue weighted by Crippen LogP contribution is -2.67. The summed E-state index contributed by atoms with van der Waals surface area (Å²) in [6, 6.07) is -3.24. The zero-order valence-corrected chi connectivity index (χ0v) is 55.1. The van der Waals surface area contributed by atoms with Crippen LogP contribution < -0.4 is 10.6 Å². The van der Waals surface area contributed by atoms with Crippen molar-refractivity contribution in [3.8, 4) is 0 Å². The minimum atomic E-state index is -1.98. The molecule has 2 aromatic rings. The molecule has 0 aromatic carbocycles. The van der Waals surface area contributed by atoms with Gasteiger partial charge in [0.1, 0.15) is 146 Å². The van der Waals surface area contributed by atoms with E-state index in [9.17, 15) is 102 Å². The van der Waals surface area contributed by atoms with E-state index in [1.807, 2.05) is 0 Å². The third-order valence-corrected chi connectivity index (χ3v) is 17.9. The van der Waals surface area contributed by atoms with Crippen LogP contribution in [-0.2, 0) is 111 Å². The highest BCUT2D eigenvalue weighted by atomic mass is 16.8. The van der Waals surface area contributed by atoms with Crippen molar-refractivity contribution in [1.29, 1.82) is 0 Å². The quantitative estimate of drug-likeness (QED) is 0.0323. The van der Waals surface area contributed by atoms with Gasteiger partial charge in [-0.05, 0) is 0 Å². The van der Waals surface area contributed by atoms with Crippen LogP contribution in [0.25, 0.3) is 0 Å². The van der Waals surface area contributed by atoms with Gasteiger partial charge in [-0.15, -0.1) is 10.2 Å². The number of aliphatic hydroxyl groups excluding tert-OH is 18. The molecule has 2 aromatic heterocycles. The first kappa shape index (κ1) is 81.9. The van der Waals surface area contributed by atoms with Gasteiger partial charge in [0.05, 0.1) is 130 Å². The van der Waals surface area contributed by atoms with Crippen molar-refractivity contribution in [3.63, 3.8) is 0 Å². The predicted molar refractivity (Wildman–Crippen MR) is 322 cm³/mol. The lowest BCUT2D eigenvalue weighted by atomic mass is 9.95. The molecular weight excluding hydrogens is 1380 g/mol. The van der Waals surface area contributed by atoms with Crippen LogP contribution >= 0.6 is 0 Å². The predicted octanol–water partition coefficient (Wildman–Crippen LogP) is -14.3. The summed E-state index contributed by atoms with van der Waals surface area (Å²) < 4.78 is 93.8. The van der Waals surface area contributed by atoms with Crippen molar-refractivity contribution >= 4 is 11.8 Å². The summed E-state index contributed by atoms with van der Waals surface area (Å²) in [4.78, 5) is 27.5. The van der Waals surface area contributed by atoms with Crippen molar-refractivity contribution in [2.45, 2.75) is 223 Å². The molecular formula is C58H96N8O36. The Labute approximate surface area is 580 Å². The zero-order valence-electron chi connectivity index (χ0n) is 55.1. The Balaban J connectivity index is 0.780. The van der Waals surface area contributed by atoms with Crippen LogP contribution in [-0.4, -0.2) is 424 Å². The maximum atomic E-state index is 13.7. The van der Waals surface area contributed by atoms with Gasteiger partial charge in [0.2, 0.25) is 11.8 Å². The van der Waals surface area contributed by atoms with Crippen LogP contribution in [0.4, 0.5) is 0 Å². The lowest BCUT2D eigenvalue weighted by molar-refractivity contribution is -0.348. The van der Waals surface area contributed by atoms with E-state index < -0.39 is 236 Å². The molecule has 9 heterocycles. The first-order chi connectivity index (χ1) is 49.0. The second kappa shape index (κ2) is 39.6. The highest BCUT2D eigenvalue weighted by molar-refractivity contribution is 5.77. The number of aromatic nitrogens is 6. The molecule has 44 nitrogen and oxygen atoms in total. The number of carbonyl (C=O) groups is 2. The van der Waals surface area contributed by atoms with Crippen LogP contribution in [0.1, 0.15) is 24.2 Å². The largest absolute Gasteiger partial charge is 0.394 e. The molecule has 8 bridgehead atoms. The first-order valence-corrected chi connectivity index (χ1v) is 33.4. The fourth-order valence-electron chi connectivity index (χ4n) is 11.8. The first-order valence-electron chi connectivity index (χ1n) is 33.4. The standard InChI is InChI=1S/C58H96N8O36/c67-19-27-37(71)45(79)49(83)55(97-27)91-15-13-89-11-9-87-7-5-65-17-25(61-63-65)1-3-33(69)59-35-43(77)39(73)29-21-93-53-36(60-34(70)4-2-26-18-66(64-62-26)6-8-88-10-12-90-14-16-92-56-50(84)46(80)38(72)28(20-68)98-56)44(78)40(74)30(100-53)23-95-57-52(86)48(82)42(76)32(102-57)24-96-58-51(85)47(81)41(75)31(101-58)22-94-54(35)99-29/h17-18,27-32,35-58,67-68,71-86H,1-16,19-24H2,(H,59,69)(H,60,70)/t27-,28-,29-,30-,31-,32-,35-,36-,37+,38+,39-,40-,41-,42-,43-,44-,45+,46+,47+,48+,49-,50-,51-,52-,53-,54-,55-,56-,57-,58-/m1/s1. The molecule has 7 aliphatic heterocycles. The summed E-state index contributed by atoms with van der Waals surface area (Å²) >= 11 is 0. The Hall–Kier alpha value is -4.14. The van der Waals surface area contributed by atoms with E-state index >= 15 is 0 Å². The lowest BCUT2D eigenvalue weighted by Gasteiger charge is -2.46. The number of fused-ring (bicyclic) bond motifs is 8. The second-order valence-electron chi connectivity index (χ2n) is 25.1. The average Bonchev–Trinajstić information content (AvgIpc) is 0.994. The van der Waals surface area contributed by atoms with E-state index in [1.54, 1.807) is 12.4 Å². The molecule has 0 saturated carbocycles. The molecule has 20 N–H and O–H groups in total. The number of carbonyl (C=O) groups excluding carboxylic acids is 2. The highest BCUT2D eigenvalue weighted by Crippen LogP contribution is 2.32. The molecule has 9 rings (SSSR count). The molecule has 0 unspecified atom stereocenters. The van der Waals surface area contributed by atoms with Gasteiger partial charge < -0.3 is 178 Å². The van der Waals surface area contributed by atoms with Crippen LogP contribution in [0.3, 0.4) is 0 Å². The van der Waals surface area contributed by atoms with E-state index in [0.717, 1.165) is 0 Å². The fraction of sp³-hybridized carbons (Fsp3) is 0.897. The summed E-state index contributed by atoms with van der Waals surface area (Å²) in [5.41, 5.74) is 0.725. The molecule has 0 spiro atoms. The summed E-state index contributed by atoms with van der Waals surface area (Å²) in [6.45, 7) is -2.80. The summed E-state index contributed by atoms with van der Waals surface area (Å²) in [7, 11) is 0. The third-order valence-electron chi connectivity index (χ3n) is 17.9. The highest BCUT2D eigenvalue weighted by Gasteiger charge is 2.53. The Morgan fingerprint density at radius 2 is 0.696 bits per heavy atom. The number of aliphatic hydroxyl groups is 18. The summed E-state index contributed by atoms with van der Waals surface area (Å²) in [6.07, 6.45) is -44.4. The minimum absolute atomic E-state index is 0.000716. The molecule has 102 heavy (non-hydrogen) atoms. The smallest absolute Gasteiger partial charge is 0.220 e. The molecule has 584 valence electrons. The maximum Gasteiger partial charge on any atom is 0.220 e. The molecule has 2 amide bonds. The second-order valence-corrected chi connectivity index (χ2v) is 25.1. The van der Waals surface area contributed by atoms with Gasteiger partial charge in [-0.25, -0.2) is 9.36 Å². The van der Waals surface area contributed by atoms with Gasteiger partial charge in [-0.1, -0.05) is 10.4 Å².